The lowest BCUT2D eigenvalue weighted by atomic mass is 10.00. The van der Waals surface area contributed by atoms with Crippen LogP contribution < -0.4 is 0 Å². The van der Waals surface area contributed by atoms with Gasteiger partial charge >= 0.3 is 0 Å². The summed E-state index contributed by atoms with van der Waals surface area (Å²) in [5, 5.41) is 25.6. The van der Waals surface area contributed by atoms with Gasteiger partial charge < -0.3 is 14.9 Å². The molecule has 6 heteroatoms. The molecule has 15 heavy (non-hydrogen) atoms. The average Bonchev–Trinajstić information content (AvgIpc) is 2.75. The zero-order valence-electron chi connectivity index (χ0n) is 9.00. The molecule has 1 aromatic rings. The van der Waals surface area contributed by atoms with Crippen molar-refractivity contribution in [3.63, 3.8) is 0 Å². The second-order valence-corrected chi connectivity index (χ2v) is 3.05. The van der Waals surface area contributed by atoms with E-state index in [2.05, 4.69) is 10.2 Å². The molecule has 0 aromatic carbocycles. The molecular weight excluding hydrogens is 198 g/mol. The Morgan fingerprint density at radius 2 is 1.93 bits per heavy atom. The van der Waals surface area contributed by atoms with E-state index in [1.807, 2.05) is 13.8 Å². The van der Waals surface area contributed by atoms with Crippen LogP contribution in [0, 0.1) is 0 Å². The van der Waals surface area contributed by atoms with E-state index in [9.17, 15) is 0 Å². The lowest BCUT2D eigenvalue weighted by Gasteiger charge is -2.44. The van der Waals surface area contributed by atoms with E-state index in [0.29, 0.717) is 6.42 Å². The van der Waals surface area contributed by atoms with Gasteiger partial charge in [-0.15, -0.1) is 4.80 Å². The van der Waals surface area contributed by atoms with Crippen LogP contribution in [0.4, 0.5) is 0 Å². The highest BCUT2D eigenvalue weighted by atomic mass is 16.6. The van der Waals surface area contributed by atoms with Crippen LogP contribution in [0.15, 0.2) is 12.4 Å². The molecule has 1 fully saturated rings. The first-order chi connectivity index (χ1) is 7.30. The fraction of sp³-hybridized carbons (Fsp3) is 0.778. The van der Waals surface area contributed by atoms with Crippen molar-refractivity contribution >= 4 is 0 Å². The normalized spacial score (nSPS) is 28.9. The minimum Gasteiger partial charge on any atom is -0.394 e. The zero-order valence-corrected chi connectivity index (χ0v) is 9.00. The lowest BCUT2D eigenvalue weighted by Crippen LogP contribution is -2.56. The molecule has 2 unspecified atom stereocenters. The van der Waals surface area contributed by atoms with Gasteiger partial charge in [0.05, 0.1) is 31.7 Å². The number of hydrogen-bond acceptors (Lipinski definition) is 5. The smallest absolute Gasteiger partial charge is 0.205 e. The van der Waals surface area contributed by atoms with Gasteiger partial charge in [0.2, 0.25) is 5.72 Å². The third-order valence-corrected chi connectivity index (χ3v) is 2.17. The third-order valence-electron chi connectivity index (χ3n) is 2.17. The van der Waals surface area contributed by atoms with Gasteiger partial charge in [-0.1, -0.05) is 13.8 Å². The molecule has 1 aliphatic heterocycles. The highest BCUT2D eigenvalue weighted by molar-refractivity contribution is 4.87. The van der Waals surface area contributed by atoms with Gasteiger partial charge in [0.15, 0.2) is 0 Å². The van der Waals surface area contributed by atoms with Crippen molar-refractivity contribution in [3.8, 4) is 0 Å². The summed E-state index contributed by atoms with van der Waals surface area (Å²) in [4.78, 5) is 1.33. The fourth-order valence-corrected chi connectivity index (χ4v) is 1.48. The van der Waals surface area contributed by atoms with Gasteiger partial charge in [0, 0.05) is 6.42 Å². The van der Waals surface area contributed by atoms with Crippen molar-refractivity contribution in [1.82, 2.24) is 15.0 Å². The summed E-state index contributed by atoms with van der Waals surface area (Å²) in [6.07, 6.45) is 3.37. The van der Waals surface area contributed by atoms with E-state index in [1.165, 1.54) is 17.2 Å². The van der Waals surface area contributed by atoms with Crippen LogP contribution in [0.3, 0.4) is 0 Å². The van der Waals surface area contributed by atoms with E-state index < -0.39 is 5.72 Å². The van der Waals surface area contributed by atoms with Gasteiger partial charge in [-0.2, -0.15) is 10.2 Å². The fourth-order valence-electron chi connectivity index (χ4n) is 1.48. The minimum absolute atomic E-state index is 0.0387. The van der Waals surface area contributed by atoms with Crippen molar-refractivity contribution in [2.24, 2.45) is 0 Å². The third kappa shape index (κ3) is 2.17. The topological polar surface area (TPSA) is 80.4 Å². The predicted octanol–water partition coefficient (Wildman–Crippen LogP) is -0.269. The second-order valence-electron chi connectivity index (χ2n) is 3.05. The van der Waals surface area contributed by atoms with E-state index in [0.717, 1.165) is 0 Å². The largest absolute Gasteiger partial charge is 0.394 e. The zero-order chi connectivity index (χ0) is 11.3. The van der Waals surface area contributed by atoms with E-state index in [4.69, 9.17) is 14.9 Å². The molecule has 0 radical (unpaired) electrons. The first-order valence-corrected chi connectivity index (χ1v) is 5.07. The summed E-state index contributed by atoms with van der Waals surface area (Å²) in [5.74, 6) is 0. The number of hydrogen-bond donors (Lipinski definition) is 2. The molecule has 0 aliphatic carbocycles. The molecule has 2 atom stereocenters. The number of ether oxygens (including phenoxy) is 1. The van der Waals surface area contributed by atoms with Crippen LogP contribution in [0.5, 0.6) is 0 Å². The number of aliphatic hydroxyl groups excluding tert-OH is 2. The van der Waals surface area contributed by atoms with Crippen LogP contribution >= 0.6 is 0 Å². The molecule has 2 rings (SSSR count). The van der Waals surface area contributed by atoms with Crippen LogP contribution in [0.2, 0.25) is 0 Å². The first-order valence-electron chi connectivity index (χ1n) is 5.07. The SMILES string of the molecule is CC.OCC1CC(CO)(n2nccn2)O1. The van der Waals surface area contributed by atoms with Gasteiger partial charge in [-0.25, -0.2) is 0 Å². The van der Waals surface area contributed by atoms with Crippen LogP contribution in [-0.4, -0.2) is 44.5 Å². The molecule has 0 saturated carbocycles. The maximum atomic E-state index is 9.11. The van der Waals surface area contributed by atoms with Crippen molar-refractivity contribution in [2.75, 3.05) is 13.2 Å². The number of rotatable bonds is 3. The minimum atomic E-state index is -0.850. The molecule has 2 heterocycles. The number of aromatic nitrogens is 3. The van der Waals surface area contributed by atoms with Crippen molar-refractivity contribution in [1.29, 1.82) is 0 Å². The van der Waals surface area contributed by atoms with Crippen LogP contribution in [0.25, 0.3) is 0 Å². The van der Waals surface area contributed by atoms with Gasteiger partial charge in [-0.05, 0) is 0 Å². The Bertz CT molecular complexity index is 270. The van der Waals surface area contributed by atoms with Crippen LogP contribution in [0.1, 0.15) is 20.3 Å². The van der Waals surface area contributed by atoms with Crippen LogP contribution in [-0.2, 0) is 10.5 Å². The average molecular weight is 215 g/mol. The summed E-state index contributed by atoms with van der Waals surface area (Å²) in [7, 11) is 0. The Morgan fingerprint density at radius 1 is 1.40 bits per heavy atom. The molecule has 1 aromatic heterocycles. The summed E-state index contributed by atoms with van der Waals surface area (Å²) in [6, 6.07) is 0. The van der Waals surface area contributed by atoms with E-state index in [1.54, 1.807) is 0 Å². The highest BCUT2D eigenvalue weighted by Crippen LogP contribution is 2.35. The standard InChI is InChI=1S/C7H11N3O3.C2H6/c11-4-6-3-7(5-12,13-6)10-8-1-2-9-10;1-2/h1-2,6,11-12H,3-5H2;1-2H3. The predicted molar refractivity (Wildman–Crippen MR) is 53.0 cm³/mol. The quantitative estimate of drug-likeness (QED) is 0.725. The number of aliphatic hydroxyl groups is 2. The van der Waals surface area contributed by atoms with Crippen molar-refractivity contribution in [3.05, 3.63) is 12.4 Å². The Hall–Kier alpha value is -0.980. The number of nitrogens with zero attached hydrogens (tertiary/aromatic N) is 3. The molecule has 6 nitrogen and oxygen atoms in total. The van der Waals surface area contributed by atoms with Gasteiger partial charge in [0.25, 0.3) is 0 Å². The molecule has 2 N–H and O–H groups in total. The van der Waals surface area contributed by atoms with Gasteiger partial charge in [0.1, 0.15) is 0 Å². The summed E-state index contributed by atoms with van der Waals surface area (Å²) >= 11 is 0. The Balaban J connectivity index is 0.000000531. The maximum absolute atomic E-state index is 9.11. The summed E-state index contributed by atoms with van der Waals surface area (Å²) in [6.45, 7) is 3.78. The Morgan fingerprint density at radius 3 is 2.33 bits per heavy atom. The molecule has 0 bridgehead atoms. The Kier molecular flexibility index (Phi) is 4.19. The molecule has 0 spiro atoms. The monoisotopic (exact) mass is 215 g/mol. The summed E-state index contributed by atoms with van der Waals surface area (Å²) < 4.78 is 5.31. The maximum Gasteiger partial charge on any atom is 0.205 e. The van der Waals surface area contributed by atoms with E-state index >= 15 is 0 Å². The second kappa shape index (κ2) is 5.20. The molecule has 0 amide bonds. The molecular formula is C9H17N3O3. The first kappa shape index (κ1) is 12.1. The van der Waals surface area contributed by atoms with Gasteiger partial charge in [-0.3, -0.25) is 0 Å². The van der Waals surface area contributed by atoms with Crippen molar-refractivity contribution in [2.45, 2.75) is 32.1 Å². The van der Waals surface area contributed by atoms with E-state index in [-0.39, 0.29) is 19.3 Å². The molecule has 1 saturated heterocycles. The highest BCUT2D eigenvalue weighted by Gasteiger charge is 2.48. The lowest BCUT2D eigenvalue weighted by molar-refractivity contribution is -0.290. The molecule has 1 aliphatic rings. The molecule has 86 valence electrons. The summed E-state index contributed by atoms with van der Waals surface area (Å²) in [5.41, 5.74) is -0.850. The van der Waals surface area contributed by atoms with Crippen molar-refractivity contribution < 1.29 is 14.9 Å². The Labute approximate surface area is 88.5 Å².